The Bertz CT molecular complexity index is 1270. The maximum atomic E-state index is 11.8. The van der Waals surface area contributed by atoms with Crippen LogP contribution in [0.5, 0.6) is 0 Å². The van der Waals surface area contributed by atoms with Crippen LogP contribution in [-0.2, 0) is 6.54 Å². The summed E-state index contributed by atoms with van der Waals surface area (Å²) in [5.74, 6) is -0.790. The van der Waals surface area contributed by atoms with Gasteiger partial charge in [-0.15, -0.1) is 10.2 Å². The molecule has 0 radical (unpaired) electrons. The summed E-state index contributed by atoms with van der Waals surface area (Å²) in [5, 5.41) is 11.9. The number of amides is 2. The van der Waals surface area contributed by atoms with E-state index in [1.807, 2.05) is 49.4 Å². The van der Waals surface area contributed by atoms with E-state index in [0.29, 0.717) is 23.0 Å². The molecule has 0 fully saturated rings. The average Bonchev–Trinajstić information content (AvgIpc) is 3.08. The van der Waals surface area contributed by atoms with E-state index < -0.39 is 11.8 Å². The lowest BCUT2D eigenvalue weighted by Gasteiger charge is -2.11. The number of carbonyl (C=O) groups excluding carboxylic acids is 2. The fourth-order valence-corrected chi connectivity index (χ4v) is 3.33. The van der Waals surface area contributed by atoms with Crippen molar-refractivity contribution in [2.75, 3.05) is 5.32 Å². The number of aromatic nitrogens is 4. The molecule has 0 aliphatic heterocycles. The van der Waals surface area contributed by atoms with Crippen LogP contribution in [0.4, 0.5) is 5.82 Å². The highest BCUT2D eigenvalue weighted by atomic mass is 16.1. The molecule has 0 spiro atoms. The molecular weight excluding hydrogens is 382 g/mol. The highest BCUT2D eigenvalue weighted by molar-refractivity contribution is 6.06. The van der Waals surface area contributed by atoms with Crippen LogP contribution in [-0.4, -0.2) is 31.6 Å². The van der Waals surface area contributed by atoms with Crippen molar-refractivity contribution in [3.05, 3.63) is 77.1 Å². The molecule has 4 aromatic rings. The molecule has 0 saturated carbocycles. The van der Waals surface area contributed by atoms with Gasteiger partial charge in [-0.2, -0.15) is 4.98 Å². The van der Waals surface area contributed by atoms with Crippen LogP contribution < -0.4 is 16.8 Å². The van der Waals surface area contributed by atoms with Crippen LogP contribution in [0.3, 0.4) is 0 Å². The minimum Gasteiger partial charge on any atom is -0.366 e. The van der Waals surface area contributed by atoms with E-state index in [2.05, 4.69) is 20.5 Å². The number of anilines is 1. The molecule has 150 valence electrons. The van der Waals surface area contributed by atoms with Crippen molar-refractivity contribution in [2.24, 2.45) is 11.5 Å². The van der Waals surface area contributed by atoms with Crippen molar-refractivity contribution in [2.45, 2.75) is 13.5 Å². The molecule has 4 rings (SSSR count). The fourth-order valence-electron chi connectivity index (χ4n) is 3.33. The van der Waals surface area contributed by atoms with Gasteiger partial charge < -0.3 is 16.8 Å². The monoisotopic (exact) mass is 401 g/mol. The van der Waals surface area contributed by atoms with Crippen LogP contribution in [0.2, 0.25) is 0 Å². The lowest BCUT2D eigenvalue weighted by Crippen LogP contribution is -2.20. The SMILES string of the molecule is Cc1cc2c(C(N)=O)cccc2n1-c1nnc(C(N)=O)c(NCc2ccccc2)n1. The number of primary amides is 2. The number of fused-ring (bicyclic) bond motifs is 1. The first-order chi connectivity index (χ1) is 14.5. The highest BCUT2D eigenvalue weighted by Crippen LogP contribution is 2.26. The number of hydrogen-bond acceptors (Lipinski definition) is 6. The molecule has 2 aromatic carbocycles. The molecule has 2 heterocycles. The lowest BCUT2D eigenvalue weighted by molar-refractivity contribution is 0.0989. The van der Waals surface area contributed by atoms with Gasteiger partial charge in [0.15, 0.2) is 11.5 Å². The quantitative estimate of drug-likeness (QED) is 0.451. The summed E-state index contributed by atoms with van der Waals surface area (Å²) in [6.07, 6.45) is 0. The molecule has 9 nitrogen and oxygen atoms in total. The predicted molar refractivity (Wildman–Crippen MR) is 112 cm³/mol. The standard InChI is InChI=1S/C21H19N7O2/c1-12-10-15-14(18(22)29)8-5-9-16(15)28(12)21-25-20(17(19(23)30)26-27-21)24-11-13-6-3-2-4-7-13/h2-10H,11H2,1H3,(H2,22,29)(H2,23,30)(H,24,25,27). The van der Waals surface area contributed by atoms with Crippen LogP contribution >= 0.6 is 0 Å². The van der Waals surface area contributed by atoms with E-state index in [4.69, 9.17) is 11.5 Å². The Morgan fingerprint density at radius 2 is 1.77 bits per heavy atom. The average molecular weight is 401 g/mol. The Hall–Kier alpha value is -4.27. The van der Waals surface area contributed by atoms with Gasteiger partial charge in [-0.1, -0.05) is 36.4 Å². The third-order valence-corrected chi connectivity index (χ3v) is 4.71. The molecule has 0 unspecified atom stereocenters. The summed E-state index contributed by atoms with van der Waals surface area (Å²) in [5.41, 5.74) is 13.8. The zero-order valence-corrected chi connectivity index (χ0v) is 16.2. The number of rotatable bonds is 6. The van der Waals surface area contributed by atoms with Crippen molar-refractivity contribution >= 4 is 28.5 Å². The number of carbonyl (C=O) groups is 2. The summed E-state index contributed by atoms with van der Waals surface area (Å²) in [6, 6.07) is 16.7. The number of hydrogen-bond donors (Lipinski definition) is 3. The Balaban J connectivity index is 1.80. The van der Waals surface area contributed by atoms with Gasteiger partial charge in [0.2, 0.25) is 5.91 Å². The van der Waals surface area contributed by atoms with E-state index in [0.717, 1.165) is 11.3 Å². The van der Waals surface area contributed by atoms with Crippen molar-refractivity contribution in [1.29, 1.82) is 0 Å². The first-order valence-corrected chi connectivity index (χ1v) is 9.19. The minimum atomic E-state index is -0.734. The molecule has 0 aliphatic carbocycles. The van der Waals surface area contributed by atoms with E-state index in [1.54, 1.807) is 16.7 Å². The molecule has 0 bridgehead atoms. The first kappa shape index (κ1) is 19.1. The second kappa shape index (κ2) is 7.63. The van der Waals surface area contributed by atoms with Gasteiger partial charge in [-0.3, -0.25) is 14.2 Å². The van der Waals surface area contributed by atoms with Crippen LogP contribution in [0.1, 0.15) is 32.1 Å². The molecule has 2 aromatic heterocycles. The molecule has 0 aliphatic rings. The van der Waals surface area contributed by atoms with Crippen LogP contribution in [0.15, 0.2) is 54.6 Å². The number of nitrogens with zero attached hydrogens (tertiary/aromatic N) is 4. The highest BCUT2D eigenvalue weighted by Gasteiger charge is 2.19. The summed E-state index contributed by atoms with van der Waals surface area (Å²) in [4.78, 5) is 28.1. The van der Waals surface area contributed by atoms with Crippen molar-refractivity contribution in [3.8, 4) is 5.95 Å². The van der Waals surface area contributed by atoms with Gasteiger partial charge in [0.05, 0.1) is 5.52 Å². The van der Waals surface area contributed by atoms with Gasteiger partial charge >= 0.3 is 0 Å². The van der Waals surface area contributed by atoms with Crippen molar-refractivity contribution in [3.63, 3.8) is 0 Å². The van der Waals surface area contributed by atoms with E-state index in [1.165, 1.54) is 0 Å². The lowest BCUT2D eigenvalue weighted by atomic mass is 10.1. The van der Waals surface area contributed by atoms with Gasteiger partial charge in [-0.25, -0.2) is 0 Å². The first-order valence-electron chi connectivity index (χ1n) is 9.19. The van der Waals surface area contributed by atoms with Gasteiger partial charge in [0, 0.05) is 23.2 Å². The summed E-state index contributed by atoms with van der Waals surface area (Å²) < 4.78 is 1.74. The Morgan fingerprint density at radius 3 is 2.47 bits per heavy atom. The summed E-state index contributed by atoms with van der Waals surface area (Å²) in [6.45, 7) is 2.28. The maximum absolute atomic E-state index is 11.8. The number of benzene rings is 2. The second-order valence-electron chi connectivity index (χ2n) is 6.74. The minimum absolute atomic E-state index is 0.0541. The summed E-state index contributed by atoms with van der Waals surface area (Å²) in [7, 11) is 0. The van der Waals surface area contributed by atoms with Crippen molar-refractivity contribution in [1.82, 2.24) is 19.7 Å². The molecule has 5 N–H and O–H groups in total. The normalized spacial score (nSPS) is 10.8. The Kier molecular flexibility index (Phi) is 4.85. The smallest absolute Gasteiger partial charge is 0.273 e. The second-order valence-corrected chi connectivity index (χ2v) is 6.74. The topological polar surface area (TPSA) is 142 Å². The van der Waals surface area contributed by atoms with Crippen LogP contribution in [0.25, 0.3) is 16.9 Å². The van der Waals surface area contributed by atoms with E-state index in [9.17, 15) is 9.59 Å². The van der Waals surface area contributed by atoms with E-state index in [-0.39, 0.29) is 17.5 Å². The van der Waals surface area contributed by atoms with Crippen LogP contribution in [0, 0.1) is 6.92 Å². The Morgan fingerprint density at radius 1 is 1.00 bits per heavy atom. The third-order valence-electron chi connectivity index (χ3n) is 4.71. The maximum Gasteiger partial charge on any atom is 0.273 e. The third kappa shape index (κ3) is 3.44. The Labute approximate surface area is 171 Å². The molecule has 2 amide bonds. The zero-order valence-electron chi connectivity index (χ0n) is 16.2. The predicted octanol–water partition coefficient (Wildman–Crippen LogP) is 1.93. The molecule has 30 heavy (non-hydrogen) atoms. The molecule has 0 atom stereocenters. The fraction of sp³-hybridized carbons (Fsp3) is 0.0952. The van der Waals surface area contributed by atoms with E-state index >= 15 is 0 Å². The van der Waals surface area contributed by atoms with Gasteiger partial charge in [0.25, 0.3) is 11.9 Å². The molecule has 0 saturated heterocycles. The molecule has 9 heteroatoms. The molecular formula is C21H19N7O2. The number of aryl methyl sites for hydroxylation is 1. The summed E-state index contributed by atoms with van der Waals surface area (Å²) >= 11 is 0. The van der Waals surface area contributed by atoms with Crippen molar-refractivity contribution < 1.29 is 9.59 Å². The number of nitrogens with two attached hydrogens (primary N) is 2. The largest absolute Gasteiger partial charge is 0.366 e. The van der Waals surface area contributed by atoms with Gasteiger partial charge in [0.1, 0.15) is 0 Å². The number of nitrogens with one attached hydrogen (secondary N) is 1. The zero-order chi connectivity index (χ0) is 21.3. The van der Waals surface area contributed by atoms with Gasteiger partial charge in [-0.05, 0) is 30.7 Å².